The van der Waals surface area contributed by atoms with Crippen LogP contribution in [0.1, 0.15) is 44.3 Å². The van der Waals surface area contributed by atoms with E-state index < -0.39 is 6.61 Å². The molecule has 1 aromatic heterocycles. The van der Waals surface area contributed by atoms with Gasteiger partial charge in [0.25, 0.3) is 0 Å². The molecule has 0 spiro atoms. The predicted octanol–water partition coefficient (Wildman–Crippen LogP) is 3.79. The third kappa shape index (κ3) is 7.45. The van der Waals surface area contributed by atoms with Crippen molar-refractivity contribution in [2.45, 2.75) is 51.7 Å². The lowest BCUT2D eigenvalue weighted by Crippen LogP contribution is -2.45. The van der Waals surface area contributed by atoms with Crippen LogP contribution in [0.3, 0.4) is 0 Å². The van der Waals surface area contributed by atoms with Gasteiger partial charge in [-0.25, -0.2) is 0 Å². The van der Waals surface area contributed by atoms with Crippen molar-refractivity contribution in [3.05, 3.63) is 36.0 Å². The number of guanidine groups is 1. The maximum atomic E-state index is 12.7. The Balaban J connectivity index is 0.00000363. The molecule has 32 heavy (non-hydrogen) atoms. The zero-order valence-electron chi connectivity index (χ0n) is 18.6. The minimum Gasteiger partial charge on any atom is -0.433 e. The number of para-hydroxylation sites is 2. The van der Waals surface area contributed by atoms with E-state index in [2.05, 4.69) is 30.5 Å². The molecule has 2 aromatic rings. The van der Waals surface area contributed by atoms with Crippen molar-refractivity contribution in [1.29, 1.82) is 0 Å². The van der Waals surface area contributed by atoms with E-state index in [1.807, 2.05) is 24.8 Å². The average Bonchev–Trinajstić information content (AvgIpc) is 3.40. The topological polar surface area (TPSA) is 87.8 Å². The lowest BCUT2D eigenvalue weighted by molar-refractivity contribution is -0.0495. The number of nitrogens with one attached hydrogen (secondary N) is 2. The number of aromatic nitrogens is 2. The second-order valence-corrected chi connectivity index (χ2v) is 7.73. The van der Waals surface area contributed by atoms with Crippen LogP contribution in [0.5, 0.6) is 5.75 Å². The summed E-state index contributed by atoms with van der Waals surface area (Å²) in [5.74, 6) is 2.52. The molecule has 1 aliphatic rings. The van der Waals surface area contributed by atoms with E-state index in [9.17, 15) is 8.78 Å². The summed E-state index contributed by atoms with van der Waals surface area (Å²) in [6.45, 7) is 3.34. The summed E-state index contributed by atoms with van der Waals surface area (Å²) >= 11 is 0. The van der Waals surface area contributed by atoms with E-state index in [1.54, 1.807) is 25.2 Å². The number of alkyl halides is 2. The summed E-state index contributed by atoms with van der Waals surface area (Å²) < 4.78 is 35.3. The largest absolute Gasteiger partial charge is 0.433 e. The van der Waals surface area contributed by atoms with Gasteiger partial charge in [-0.05, 0) is 25.0 Å². The first-order valence-corrected chi connectivity index (χ1v) is 10.5. The molecule has 2 heterocycles. The van der Waals surface area contributed by atoms with Crippen molar-refractivity contribution in [3.63, 3.8) is 0 Å². The van der Waals surface area contributed by atoms with Crippen LogP contribution >= 0.6 is 24.0 Å². The number of benzene rings is 1. The third-order valence-corrected chi connectivity index (χ3v) is 5.03. The molecule has 1 saturated heterocycles. The third-order valence-electron chi connectivity index (χ3n) is 5.03. The molecule has 178 valence electrons. The first-order valence-electron chi connectivity index (χ1n) is 10.5. The van der Waals surface area contributed by atoms with Crippen LogP contribution in [0, 0.1) is 0 Å². The molecular weight excluding hydrogens is 533 g/mol. The molecule has 3 rings (SSSR count). The van der Waals surface area contributed by atoms with Crippen LogP contribution in [-0.2, 0) is 6.42 Å². The van der Waals surface area contributed by atoms with Crippen molar-refractivity contribution < 1.29 is 18.0 Å². The van der Waals surface area contributed by atoms with Gasteiger partial charge in [-0.3, -0.25) is 4.99 Å². The molecular formula is C21H31F2IN6O2. The van der Waals surface area contributed by atoms with E-state index >= 15 is 0 Å². The summed E-state index contributed by atoms with van der Waals surface area (Å²) in [7, 11) is 1.72. The summed E-state index contributed by atoms with van der Waals surface area (Å²) in [6.07, 6.45) is 2.39. The highest BCUT2D eigenvalue weighted by molar-refractivity contribution is 14.0. The Morgan fingerprint density at radius 1 is 1.34 bits per heavy atom. The number of ether oxygens (including phenoxy) is 1. The Morgan fingerprint density at radius 2 is 2.12 bits per heavy atom. The van der Waals surface area contributed by atoms with Crippen LogP contribution in [0.15, 0.2) is 33.8 Å². The maximum absolute atomic E-state index is 12.7. The van der Waals surface area contributed by atoms with Gasteiger partial charge in [0.15, 0.2) is 11.8 Å². The maximum Gasteiger partial charge on any atom is 0.387 e. The van der Waals surface area contributed by atoms with Gasteiger partial charge in [-0.2, -0.15) is 13.8 Å². The van der Waals surface area contributed by atoms with Gasteiger partial charge in [0, 0.05) is 45.1 Å². The molecule has 0 radical (unpaired) electrons. The molecule has 1 aromatic carbocycles. The van der Waals surface area contributed by atoms with E-state index in [0.29, 0.717) is 37.0 Å². The van der Waals surface area contributed by atoms with E-state index in [1.165, 1.54) is 0 Å². The van der Waals surface area contributed by atoms with Crippen LogP contribution < -0.4 is 20.3 Å². The van der Waals surface area contributed by atoms with Crippen molar-refractivity contribution in [2.24, 2.45) is 4.99 Å². The normalized spacial score (nSPS) is 16.4. The number of rotatable bonds is 9. The Labute approximate surface area is 204 Å². The quantitative estimate of drug-likeness (QED) is 0.208. The monoisotopic (exact) mass is 564 g/mol. The Morgan fingerprint density at radius 3 is 2.81 bits per heavy atom. The first-order chi connectivity index (χ1) is 15.0. The Kier molecular flexibility index (Phi) is 10.4. The fourth-order valence-electron chi connectivity index (χ4n) is 3.45. The molecule has 1 aliphatic heterocycles. The first kappa shape index (κ1) is 26.1. The molecule has 8 nitrogen and oxygen atoms in total. The molecule has 11 heteroatoms. The molecule has 2 N–H and O–H groups in total. The van der Waals surface area contributed by atoms with E-state index in [-0.39, 0.29) is 41.7 Å². The molecule has 0 saturated carbocycles. The van der Waals surface area contributed by atoms with Gasteiger partial charge in [0.1, 0.15) is 5.75 Å². The number of nitrogens with zero attached hydrogens (tertiary/aromatic N) is 4. The number of anilines is 1. The SMILES string of the molecule is CN=C(NCCCc1nc(C(C)C)no1)NC1CCN(c2ccccc2OC(F)F)C1.I. The molecule has 0 amide bonds. The molecule has 1 unspecified atom stereocenters. The minimum absolute atomic E-state index is 0. The van der Waals surface area contributed by atoms with Crippen molar-refractivity contribution in [3.8, 4) is 5.75 Å². The van der Waals surface area contributed by atoms with Crippen LogP contribution in [0.2, 0.25) is 0 Å². The van der Waals surface area contributed by atoms with Crippen molar-refractivity contribution in [2.75, 3.05) is 31.6 Å². The van der Waals surface area contributed by atoms with Gasteiger partial charge in [0.2, 0.25) is 5.89 Å². The summed E-state index contributed by atoms with van der Waals surface area (Å²) in [5, 5.41) is 10.7. The zero-order chi connectivity index (χ0) is 22.2. The molecule has 1 atom stereocenters. The van der Waals surface area contributed by atoms with Crippen LogP contribution in [0.4, 0.5) is 14.5 Å². The summed E-state index contributed by atoms with van der Waals surface area (Å²) in [5.41, 5.74) is 0.676. The number of hydrogen-bond donors (Lipinski definition) is 2. The standard InChI is InChI=1S/C21H30F2N6O2.HI/c1-14(2)19-27-18(31-28-19)9-6-11-25-21(24-3)26-15-10-12-29(13-15)16-7-4-5-8-17(16)30-20(22)23;/h4-5,7-8,14-15,20H,6,9-13H2,1-3H3,(H2,24,25,26);1H. The van der Waals surface area contributed by atoms with Crippen molar-refractivity contribution in [1.82, 2.24) is 20.8 Å². The lowest BCUT2D eigenvalue weighted by atomic mass is 10.2. The van der Waals surface area contributed by atoms with Gasteiger partial charge in [0.05, 0.1) is 5.69 Å². The van der Waals surface area contributed by atoms with Crippen LogP contribution in [-0.4, -0.2) is 55.4 Å². The average molecular weight is 564 g/mol. The number of halogens is 3. The second-order valence-electron chi connectivity index (χ2n) is 7.73. The van der Waals surface area contributed by atoms with Gasteiger partial charge in [-0.15, -0.1) is 24.0 Å². The number of hydrogen-bond acceptors (Lipinski definition) is 6. The van der Waals surface area contributed by atoms with Crippen molar-refractivity contribution >= 4 is 35.6 Å². The van der Waals surface area contributed by atoms with E-state index in [4.69, 9.17) is 4.52 Å². The molecule has 0 aliphatic carbocycles. The van der Waals surface area contributed by atoms with Gasteiger partial charge >= 0.3 is 6.61 Å². The number of aryl methyl sites for hydroxylation is 1. The zero-order valence-corrected chi connectivity index (χ0v) is 20.9. The minimum atomic E-state index is -2.84. The number of aliphatic imine (C=N–C) groups is 1. The summed E-state index contributed by atoms with van der Waals surface area (Å²) in [4.78, 5) is 10.7. The highest BCUT2D eigenvalue weighted by Gasteiger charge is 2.26. The summed E-state index contributed by atoms with van der Waals surface area (Å²) in [6, 6.07) is 7.03. The lowest BCUT2D eigenvalue weighted by Gasteiger charge is -2.22. The smallest absolute Gasteiger partial charge is 0.387 e. The van der Waals surface area contributed by atoms with Gasteiger partial charge in [-0.1, -0.05) is 31.1 Å². The highest BCUT2D eigenvalue weighted by atomic mass is 127. The van der Waals surface area contributed by atoms with Gasteiger partial charge < -0.3 is 24.8 Å². The molecule has 1 fully saturated rings. The Hall–Kier alpha value is -2.18. The second kappa shape index (κ2) is 12.8. The predicted molar refractivity (Wildman–Crippen MR) is 130 cm³/mol. The van der Waals surface area contributed by atoms with Crippen LogP contribution in [0.25, 0.3) is 0 Å². The molecule has 0 bridgehead atoms. The van der Waals surface area contributed by atoms with E-state index in [0.717, 1.165) is 25.2 Å². The fourth-order valence-corrected chi connectivity index (χ4v) is 3.45. The highest BCUT2D eigenvalue weighted by Crippen LogP contribution is 2.31. The Bertz CT molecular complexity index is 864. The fraction of sp³-hybridized carbons (Fsp3) is 0.571.